The lowest BCUT2D eigenvalue weighted by Gasteiger charge is -2.26. The standard InChI is InChI=1S/C13H21N3/c1-2-6-11(5-1)16-10-14-9-13(16)12-7-3-4-8-15-12/h9-12,15H,1-8H2. The molecule has 1 saturated carbocycles. The van der Waals surface area contributed by atoms with Gasteiger partial charge in [-0.1, -0.05) is 19.3 Å². The van der Waals surface area contributed by atoms with E-state index < -0.39 is 0 Å². The Morgan fingerprint density at radius 2 is 1.94 bits per heavy atom. The van der Waals surface area contributed by atoms with E-state index >= 15 is 0 Å². The second-order valence-corrected chi connectivity index (χ2v) is 5.17. The zero-order valence-corrected chi connectivity index (χ0v) is 9.86. The molecule has 2 fully saturated rings. The van der Waals surface area contributed by atoms with E-state index in [0.29, 0.717) is 6.04 Å². The Hall–Kier alpha value is -0.830. The van der Waals surface area contributed by atoms with Crippen LogP contribution in [-0.2, 0) is 0 Å². The molecule has 0 spiro atoms. The van der Waals surface area contributed by atoms with Crippen LogP contribution in [0.5, 0.6) is 0 Å². The van der Waals surface area contributed by atoms with Crippen molar-refractivity contribution in [1.29, 1.82) is 0 Å². The van der Waals surface area contributed by atoms with Crippen LogP contribution in [-0.4, -0.2) is 16.1 Å². The molecule has 1 unspecified atom stereocenters. The molecule has 1 aliphatic carbocycles. The van der Waals surface area contributed by atoms with Gasteiger partial charge in [0.2, 0.25) is 0 Å². The highest BCUT2D eigenvalue weighted by atomic mass is 15.1. The Morgan fingerprint density at radius 3 is 2.69 bits per heavy atom. The van der Waals surface area contributed by atoms with Gasteiger partial charge in [0, 0.05) is 18.3 Å². The van der Waals surface area contributed by atoms with Crippen LogP contribution in [0.4, 0.5) is 0 Å². The maximum Gasteiger partial charge on any atom is 0.0951 e. The first-order valence-corrected chi connectivity index (χ1v) is 6.70. The van der Waals surface area contributed by atoms with Gasteiger partial charge in [-0.3, -0.25) is 0 Å². The van der Waals surface area contributed by atoms with Crippen molar-refractivity contribution in [3.63, 3.8) is 0 Å². The van der Waals surface area contributed by atoms with Crippen LogP contribution in [0.15, 0.2) is 12.5 Å². The van der Waals surface area contributed by atoms with Crippen molar-refractivity contribution >= 4 is 0 Å². The van der Waals surface area contributed by atoms with Crippen LogP contribution >= 0.6 is 0 Å². The van der Waals surface area contributed by atoms with E-state index in [1.54, 1.807) is 0 Å². The van der Waals surface area contributed by atoms with Gasteiger partial charge in [0.1, 0.15) is 0 Å². The van der Waals surface area contributed by atoms with Crippen LogP contribution in [0.1, 0.15) is 62.7 Å². The normalized spacial score (nSPS) is 27.4. The van der Waals surface area contributed by atoms with Crippen LogP contribution in [0, 0.1) is 0 Å². The van der Waals surface area contributed by atoms with Gasteiger partial charge in [-0.05, 0) is 32.2 Å². The van der Waals surface area contributed by atoms with Crippen molar-refractivity contribution in [2.45, 2.75) is 57.0 Å². The summed E-state index contributed by atoms with van der Waals surface area (Å²) in [6.07, 6.45) is 13.5. The first kappa shape index (κ1) is 10.3. The Kier molecular flexibility index (Phi) is 2.96. The smallest absolute Gasteiger partial charge is 0.0951 e. The summed E-state index contributed by atoms with van der Waals surface area (Å²) < 4.78 is 2.44. The molecular formula is C13H21N3. The van der Waals surface area contributed by atoms with Crippen molar-refractivity contribution in [1.82, 2.24) is 14.9 Å². The number of imidazole rings is 1. The zero-order chi connectivity index (χ0) is 10.8. The highest BCUT2D eigenvalue weighted by Gasteiger charge is 2.23. The fourth-order valence-electron chi connectivity index (χ4n) is 3.18. The number of hydrogen-bond donors (Lipinski definition) is 1. The third-order valence-electron chi connectivity index (χ3n) is 4.08. The van der Waals surface area contributed by atoms with Gasteiger partial charge in [-0.15, -0.1) is 0 Å². The Balaban J connectivity index is 1.80. The molecule has 0 amide bonds. The van der Waals surface area contributed by atoms with Gasteiger partial charge in [0.05, 0.1) is 12.0 Å². The van der Waals surface area contributed by atoms with Crippen molar-refractivity contribution in [3.8, 4) is 0 Å². The Morgan fingerprint density at radius 1 is 1.12 bits per heavy atom. The molecule has 1 saturated heterocycles. The summed E-state index contributed by atoms with van der Waals surface area (Å²) in [6.45, 7) is 1.17. The minimum atomic E-state index is 0.553. The first-order valence-electron chi connectivity index (χ1n) is 6.70. The van der Waals surface area contributed by atoms with Crippen molar-refractivity contribution in [2.75, 3.05) is 6.54 Å². The molecule has 1 aromatic heterocycles. The molecule has 3 heteroatoms. The topological polar surface area (TPSA) is 29.9 Å². The van der Waals surface area contributed by atoms with E-state index in [9.17, 15) is 0 Å². The molecule has 1 N–H and O–H groups in total. The average molecular weight is 219 g/mol. The number of nitrogens with one attached hydrogen (secondary N) is 1. The van der Waals surface area contributed by atoms with E-state index in [-0.39, 0.29) is 0 Å². The number of nitrogens with zero attached hydrogens (tertiary/aromatic N) is 2. The minimum Gasteiger partial charge on any atom is -0.330 e. The largest absolute Gasteiger partial charge is 0.330 e. The third kappa shape index (κ3) is 1.88. The van der Waals surface area contributed by atoms with Crippen molar-refractivity contribution in [3.05, 3.63) is 18.2 Å². The lowest BCUT2D eigenvalue weighted by atomic mass is 10.0. The molecular weight excluding hydrogens is 198 g/mol. The summed E-state index contributed by atoms with van der Waals surface area (Å²) in [5.74, 6) is 0. The molecule has 1 aliphatic heterocycles. The second kappa shape index (κ2) is 4.58. The summed E-state index contributed by atoms with van der Waals surface area (Å²) in [6, 6.07) is 1.28. The summed E-state index contributed by atoms with van der Waals surface area (Å²) in [5, 5.41) is 3.62. The van der Waals surface area contributed by atoms with E-state index in [2.05, 4.69) is 21.1 Å². The SMILES string of the molecule is c1ncn(C2CCCC2)c1C1CCCCN1. The molecule has 0 radical (unpaired) electrons. The fourth-order valence-corrected chi connectivity index (χ4v) is 3.18. The van der Waals surface area contributed by atoms with E-state index in [4.69, 9.17) is 0 Å². The number of hydrogen-bond acceptors (Lipinski definition) is 2. The third-order valence-corrected chi connectivity index (χ3v) is 4.08. The van der Waals surface area contributed by atoms with Gasteiger partial charge < -0.3 is 9.88 Å². The summed E-state index contributed by atoms with van der Waals surface area (Å²) in [4.78, 5) is 4.36. The molecule has 2 aliphatic rings. The Bertz CT molecular complexity index is 333. The lowest BCUT2D eigenvalue weighted by Crippen LogP contribution is -2.29. The summed E-state index contributed by atoms with van der Waals surface area (Å²) >= 11 is 0. The maximum atomic E-state index is 4.36. The molecule has 0 bridgehead atoms. The molecule has 2 heterocycles. The molecule has 1 aromatic rings. The predicted molar refractivity (Wildman–Crippen MR) is 64.3 cm³/mol. The zero-order valence-electron chi connectivity index (χ0n) is 9.86. The fraction of sp³-hybridized carbons (Fsp3) is 0.769. The lowest BCUT2D eigenvalue weighted by molar-refractivity contribution is 0.378. The molecule has 1 atom stereocenters. The van der Waals surface area contributed by atoms with E-state index in [1.807, 2.05) is 6.33 Å². The van der Waals surface area contributed by atoms with Gasteiger partial charge >= 0.3 is 0 Å². The van der Waals surface area contributed by atoms with Crippen molar-refractivity contribution < 1.29 is 0 Å². The van der Waals surface area contributed by atoms with Gasteiger partial charge in [0.15, 0.2) is 0 Å². The van der Waals surface area contributed by atoms with Gasteiger partial charge in [-0.25, -0.2) is 4.98 Å². The number of aromatic nitrogens is 2. The van der Waals surface area contributed by atoms with Crippen LogP contribution in [0.3, 0.4) is 0 Å². The van der Waals surface area contributed by atoms with Crippen LogP contribution < -0.4 is 5.32 Å². The maximum absolute atomic E-state index is 4.36. The Labute approximate surface area is 97.3 Å². The van der Waals surface area contributed by atoms with Crippen LogP contribution in [0.25, 0.3) is 0 Å². The van der Waals surface area contributed by atoms with Crippen LogP contribution in [0.2, 0.25) is 0 Å². The first-order chi connectivity index (χ1) is 7.95. The molecule has 88 valence electrons. The summed E-state index contributed by atoms with van der Waals surface area (Å²) in [5.41, 5.74) is 1.42. The average Bonchev–Trinajstić information content (AvgIpc) is 3.01. The molecule has 0 aromatic carbocycles. The van der Waals surface area contributed by atoms with E-state index in [1.165, 1.54) is 57.2 Å². The quantitative estimate of drug-likeness (QED) is 0.829. The van der Waals surface area contributed by atoms with Gasteiger partial charge in [-0.2, -0.15) is 0 Å². The predicted octanol–water partition coefficient (Wildman–Crippen LogP) is 2.81. The number of rotatable bonds is 2. The monoisotopic (exact) mass is 219 g/mol. The highest BCUT2D eigenvalue weighted by Crippen LogP contribution is 2.33. The molecule has 3 rings (SSSR count). The molecule has 3 nitrogen and oxygen atoms in total. The number of piperidine rings is 1. The highest BCUT2D eigenvalue weighted by molar-refractivity contribution is 5.08. The summed E-state index contributed by atoms with van der Waals surface area (Å²) in [7, 11) is 0. The van der Waals surface area contributed by atoms with Gasteiger partial charge in [0.25, 0.3) is 0 Å². The second-order valence-electron chi connectivity index (χ2n) is 5.17. The minimum absolute atomic E-state index is 0.553. The van der Waals surface area contributed by atoms with E-state index in [0.717, 1.165) is 6.04 Å². The molecule has 16 heavy (non-hydrogen) atoms. The van der Waals surface area contributed by atoms with Crippen molar-refractivity contribution in [2.24, 2.45) is 0 Å².